The van der Waals surface area contributed by atoms with Gasteiger partial charge in [-0.15, -0.1) is 0 Å². The van der Waals surface area contributed by atoms with Crippen LogP contribution in [0.15, 0.2) is 112 Å². The molecule has 9 nitrogen and oxygen atoms in total. The Kier molecular flexibility index (Phi) is 9.99. The fourth-order valence-corrected chi connectivity index (χ4v) is 5.84. The molecule has 41 heavy (non-hydrogen) atoms. The molecule has 0 aromatic heterocycles. The molecular formula is C30H28BrN3O6S. The van der Waals surface area contributed by atoms with Gasteiger partial charge in [-0.05, 0) is 63.5 Å². The highest BCUT2D eigenvalue weighted by Crippen LogP contribution is 2.37. The first-order valence-electron chi connectivity index (χ1n) is 12.4. The standard InChI is InChI=1S/C30H28BrN3O6S/c1-38-25-13-9-12-24(18-25)34(41(36,37)26-14-7-4-8-15-26)20-29(35)33-32-19-23-16-27(31)30(28(17-23)39-2)40-21-22-10-5-3-6-11-22/h3-19H,20-21H2,1-2H3,(H,33,35)/b32-19-. The third-order valence-corrected chi connectivity index (χ3v) is 8.22. The highest BCUT2D eigenvalue weighted by Gasteiger charge is 2.27. The number of carbonyl (C=O) groups excluding carboxylic acids is 1. The number of hydrogen-bond donors (Lipinski definition) is 1. The summed E-state index contributed by atoms with van der Waals surface area (Å²) < 4.78 is 45.3. The van der Waals surface area contributed by atoms with Crippen molar-refractivity contribution in [2.45, 2.75) is 11.5 Å². The van der Waals surface area contributed by atoms with E-state index in [9.17, 15) is 13.2 Å². The molecule has 4 aromatic rings. The molecule has 0 atom stereocenters. The first-order chi connectivity index (χ1) is 19.8. The fourth-order valence-electron chi connectivity index (χ4n) is 3.83. The van der Waals surface area contributed by atoms with Gasteiger partial charge in [0.15, 0.2) is 11.5 Å². The molecule has 0 aliphatic carbocycles. The second-order valence-electron chi connectivity index (χ2n) is 8.63. The smallest absolute Gasteiger partial charge is 0.264 e. The van der Waals surface area contributed by atoms with Gasteiger partial charge in [0.05, 0.1) is 35.5 Å². The zero-order valence-electron chi connectivity index (χ0n) is 22.4. The Morgan fingerprint density at radius 1 is 0.927 bits per heavy atom. The van der Waals surface area contributed by atoms with Crippen molar-refractivity contribution in [2.24, 2.45) is 5.10 Å². The fraction of sp³-hybridized carbons (Fsp3) is 0.133. The third kappa shape index (κ3) is 7.65. The number of benzene rings is 4. The van der Waals surface area contributed by atoms with E-state index >= 15 is 0 Å². The van der Waals surface area contributed by atoms with Crippen molar-refractivity contribution in [3.8, 4) is 17.2 Å². The predicted molar refractivity (Wildman–Crippen MR) is 161 cm³/mol. The highest BCUT2D eigenvalue weighted by atomic mass is 79.9. The maximum Gasteiger partial charge on any atom is 0.264 e. The van der Waals surface area contributed by atoms with E-state index in [0.717, 1.165) is 9.87 Å². The maximum absolute atomic E-state index is 13.5. The lowest BCUT2D eigenvalue weighted by Gasteiger charge is -2.24. The first-order valence-corrected chi connectivity index (χ1v) is 14.6. The zero-order chi connectivity index (χ0) is 29.2. The second kappa shape index (κ2) is 13.8. The van der Waals surface area contributed by atoms with Crippen molar-refractivity contribution in [2.75, 3.05) is 25.1 Å². The van der Waals surface area contributed by atoms with E-state index in [2.05, 4.69) is 26.5 Å². The molecule has 0 spiro atoms. The van der Waals surface area contributed by atoms with E-state index in [-0.39, 0.29) is 10.6 Å². The van der Waals surface area contributed by atoms with Crippen LogP contribution in [-0.4, -0.2) is 41.3 Å². The summed E-state index contributed by atoms with van der Waals surface area (Å²) in [6.45, 7) is -0.157. The predicted octanol–water partition coefficient (Wildman–Crippen LogP) is 5.39. The number of nitrogens with zero attached hydrogens (tertiary/aromatic N) is 2. The molecular weight excluding hydrogens is 610 g/mol. The van der Waals surface area contributed by atoms with E-state index in [4.69, 9.17) is 14.2 Å². The lowest BCUT2D eigenvalue weighted by atomic mass is 10.2. The van der Waals surface area contributed by atoms with Gasteiger partial charge >= 0.3 is 0 Å². The third-order valence-electron chi connectivity index (χ3n) is 5.84. The Morgan fingerprint density at radius 3 is 2.32 bits per heavy atom. The number of amides is 1. The summed E-state index contributed by atoms with van der Waals surface area (Å²) in [7, 11) is -1.06. The number of rotatable bonds is 12. The Morgan fingerprint density at radius 2 is 1.63 bits per heavy atom. The molecule has 212 valence electrons. The summed E-state index contributed by atoms with van der Waals surface area (Å²) in [6.07, 6.45) is 1.42. The number of halogens is 1. The molecule has 0 fully saturated rings. The van der Waals surface area contributed by atoms with Gasteiger partial charge in [-0.25, -0.2) is 13.8 Å². The molecule has 4 rings (SSSR count). The number of ether oxygens (including phenoxy) is 3. The van der Waals surface area contributed by atoms with E-state index in [0.29, 0.717) is 33.9 Å². The quantitative estimate of drug-likeness (QED) is 0.165. The summed E-state index contributed by atoms with van der Waals surface area (Å²) in [5.41, 5.74) is 4.30. The normalized spacial score (nSPS) is 11.2. The molecule has 11 heteroatoms. The van der Waals surface area contributed by atoms with Crippen LogP contribution in [0, 0.1) is 0 Å². The zero-order valence-corrected chi connectivity index (χ0v) is 24.8. The van der Waals surface area contributed by atoms with E-state index in [1.165, 1.54) is 32.6 Å². The second-order valence-corrected chi connectivity index (χ2v) is 11.3. The van der Waals surface area contributed by atoms with Crippen molar-refractivity contribution < 1.29 is 27.4 Å². The molecule has 0 unspecified atom stereocenters. The SMILES string of the molecule is COc1cccc(N(CC(=O)N/N=C\c2cc(Br)c(OCc3ccccc3)c(OC)c2)S(=O)(=O)c2ccccc2)c1. The summed E-state index contributed by atoms with van der Waals surface area (Å²) in [6, 6.07) is 27.6. The van der Waals surface area contributed by atoms with Gasteiger partial charge in [0.2, 0.25) is 0 Å². The number of hydrogen-bond acceptors (Lipinski definition) is 7. The monoisotopic (exact) mass is 637 g/mol. The largest absolute Gasteiger partial charge is 0.497 e. The maximum atomic E-state index is 13.5. The van der Waals surface area contributed by atoms with Crippen LogP contribution in [-0.2, 0) is 21.4 Å². The average molecular weight is 639 g/mol. The minimum atomic E-state index is -4.07. The summed E-state index contributed by atoms with van der Waals surface area (Å²) >= 11 is 3.51. The van der Waals surface area contributed by atoms with Crippen LogP contribution >= 0.6 is 15.9 Å². The summed E-state index contributed by atoms with van der Waals surface area (Å²) in [5.74, 6) is 0.807. The van der Waals surface area contributed by atoms with Crippen molar-refractivity contribution in [3.63, 3.8) is 0 Å². The Labute approximate surface area is 247 Å². The molecule has 0 saturated carbocycles. The van der Waals surface area contributed by atoms with Gasteiger partial charge in [-0.3, -0.25) is 9.10 Å². The van der Waals surface area contributed by atoms with Crippen molar-refractivity contribution in [3.05, 3.63) is 113 Å². The number of nitrogens with one attached hydrogen (secondary N) is 1. The van der Waals surface area contributed by atoms with Crippen LogP contribution < -0.4 is 23.9 Å². The highest BCUT2D eigenvalue weighted by molar-refractivity contribution is 9.10. The number of sulfonamides is 1. The van der Waals surface area contributed by atoms with Crippen molar-refractivity contribution in [1.82, 2.24) is 5.43 Å². The molecule has 4 aromatic carbocycles. The lowest BCUT2D eigenvalue weighted by molar-refractivity contribution is -0.119. The van der Waals surface area contributed by atoms with Gasteiger partial charge in [-0.1, -0.05) is 54.6 Å². The average Bonchev–Trinajstić information content (AvgIpc) is 3.00. The topological polar surface area (TPSA) is 107 Å². The minimum Gasteiger partial charge on any atom is -0.497 e. The molecule has 1 amide bonds. The van der Waals surface area contributed by atoms with Crippen LogP contribution in [0.2, 0.25) is 0 Å². The molecule has 0 aliphatic heterocycles. The van der Waals surface area contributed by atoms with Crippen LogP contribution in [0.4, 0.5) is 5.69 Å². The number of carbonyl (C=O) groups is 1. The first kappa shape index (κ1) is 29.6. The van der Waals surface area contributed by atoms with Crippen molar-refractivity contribution >= 4 is 43.8 Å². The molecule has 0 heterocycles. The Bertz CT molecular complexity index is 1620. The molecule has 0 radical (unpaired) electrons. The van der Waals surface area contributed by atoms with E-state index < -0.39 is 22.5 Å². The Balaban J connectivity index is 1.49. The summed E-state index contributed by atoms with van der Waals surface area (Å²) in [4.78, 5) is 12.9. The van der Waals surface area contributed by atoms with Gasteiger partial charge < -0.3 is 14.2 Å². The molecule has 0 aliphatic rings. The van der Waals surface area contributed by atoms with Gasteiger partial charge in [0.25, 0.3) is 15.9 Å². The van der Waals surface area contributed by atoms with E-state index in [1.54, 1.807) is 54.6 Å². The lowest BCUT2D eigenvalue weighted by Crippen LogP contribution is -2.39. The summed E-state index contributed by atoms with van der Waals surface area (Å²) in [5, 5.41) is 4.03. The van der Waals surface area contributed by atoms with Crippen LogP contribution in [0.1, 0.15) is 11.1 Å². The Hall–Kier alpha value is -4.35. The van der Waals surface area contributed by atoms with Crippen LogP contribution in [0.3, 0.4) is 0 Å². The molecule has 0 bridgehead atoms. The van der Waals surface area contributed by atoms with Crippen LogP contribution in [0.5, 0.6) is 17.2 Å². The van der Waals surface area contributed by atoms with Crippen molar-refractivity contribution in [1.29, 1.82) is 0 Å². The van der Waals surface area contributed by atoms with Gasteiger partial charge in [0.1, 0.15) is 18.9 Å². The van der Waals surface area contributed by atoms with Gasteiger partial charge in [-0.2, -0.15) is 5.10 Å². The van der Waals surface area contributed by atoms with Gasteiger partial charge in [0, 0.05) is 6.07 Å². The minimum absolute atomic E-state index is 0.0469. The number of anilines is 1. The van der Waals surface area contributed by atoms with E-state index in [1.807, 2.05) is 30.3 Å². The molecule has 0 saturated heterocycles. The van der Waals surface area contributed by atoms with Crippen LogP contribution in [0.25, 0.3) is 0 Å². The number of hydrazone groups is 1. The number of methoxy groups -OCH3 is 2. The molecule has 1 N–H and O–H groups in total.